The molecule has 1 atom stereocenters. The first-order valence-electron chi connectivity index (χ1n) is 5.80. The van der Waals surface area contributed by atoms with Gasteiger partial charge in [-0.2, -0.15) is 0 Å². The standard InChI is InChI=1S/C13H22NO2S.K/c1-12(2,3)8-10-6-7-11(17(14,15)16)13(4,5)9-10;/h6-7,9,11H,8H2,1-5H3,(H-,14,15,16);/q-1;+1. The zero-order valence-electron chi connectivity index (χ0n) is 12.2. The van der Waals surface area contributed by atoms with Crippen molar-refractivity contribution in [3.63, 3.8) is 0 Å². The smallest absolute Gasteiger partial charge is 0.564 e. The molecule has 18 heavy (non-hydrogen) atoms. The second-order valence-electron chi connectivity index (χ2n) is 6.60. The normalized spacial score (nSPS) is 23.2. The number of allylic oxidation sites excluding steroid dienone is 3. The largest absolute Gasteiger partial charge is 1.00 e. The second-order valence-corrected chi connectivity index (χ2v) is 8.20. The fourth-order valence-corrected chi connectivity index (χ4v) is 3.45. The van der Waals surface area contributed by atoms with Gasteiger partial charge < -0.3 is 5.14 Å². The van der Waals surface area contributed by atoms with E-state index in [4.69, 9.17) is 5.14 Å². The molecule has 1 aliphatic rings. The van der Waals surface area contributed by atoms with Gasteiger partial charge in [0.05, 0.1) is 15.3 Å². The molecule has 0 aromatic heterocycles. The molecular formula is C13H22KNO2S. The van der Waals surface area contributed by atoms with Crippen LogP contribution in [0.3, 0.4) is 0 Å². The molecule has 1 aliphatic carbocycles. The molecule has 0 aliphatic heterocycles. The van der Waals surface area contributed by atoms with Gasteiger partial charge in [0.15, 0.2) is 0 Å². The van der Waals surface area contributed by atoms with E-state index in [2.05, 4.69) is 20.8 Å². The molecule has 0 radical (unpaired) electrons. The summed E-state index contributed by atoms with van der Waals surface area (Å²) in [4.78, 5) is 0. The van der Waals surface area contributed by atoms with Crippen LogP contribution in [0.15, 0.2) is 23.8 Å². The number of hydrogen-bond donors (Lipinski definition) is 0. The molecule has 0 heterocycles. The molecule has 1 N–H and O–H groups in total. The molecule has 0 bridgehead atoms. The Labute approximate surface area is 154 Å². The van der Waals surface area contributed by atoms with Crippen molar-refractivity contribution in [2.45, 2.75) is 46.3 Å². The van der Waals surface area contributed by atoms with Crippen molar-refractivity contribution in [1.82, 2.24) is 0 Å². The van der Waals surface area contributed by atoms with Gasteiger partial charge in [0, 0.05) is 5.41 Å². The quantitative estimate of drug-likeness (QED) is 0.704. The molecule has 98 valence electrons. The van der Waals surface area contributed by atoms with Crippen LogP contribution in [0.4, 0.5) is 0 Å². The van der Waals surface area contributed by atoms with E-state index in [0.717, 1.165) is 12.0 Å². The Kier molecular flexibility index (Phi) is 6.56. The van der Waals surface area contributed by atoms with Crippen LogP contribution in [0.5, 0.6) is 0 Å². The van der Waals surface area contributed by atoms with Crippen molar-refractivity contribution in [2.75, 3.05) is 0 Å². The van der Waals surface area contributed by atoms with Crippen molar-refractivity contribution in [1.29, 1.82) is 0 Å². The van der Waals surface area contributed by atoms with Crippen LogP contribution in [-0.2, 0) is 10.0 Å². The summed E-state index contributed by atoms with van der Waals surface area (Å²) in [6.45, 7) is 10.2. The Morgan fingerprint density at radius 3 is 2.17 bits per heavy atom. The van der Waals surface area contributed by atoms with Crippen molar-refractivity contribution in [2.24, 2.45) is 10.8 Å². The molecule has 0 saturated carbocycles. The average molecular weight is 295 g/mol. The number of hydrogen-bond acceptors (Lipinski definition) is 2. The Morgan fingerprint density at radius 2 is 1.83 bits per heavy atom. The fraction of sp³-hybridized carbons (Fsp3) is 0.692. The summed E-state index contributed by atoms with van der Waals surface area (Å²) in [5.41, 5.74) is 0.830. The first kappa shape index (κ1) is 19.0. The minimum atomic E-state index is -3.78. The molecule has 1 rings (SSSR count). The molecule has 0 amide bonds. The maximum absolute atomic E-state index is 11.4. The Hall–Kier alpha value is 1.03. The molecule has 0 spiro atoms. The van der Waals surface area contributed by atoms with E-state index in [1.807, 2.05) is 26.0 Å². The van der Waals surface area contributed by atoms with Crippen molar-refractivity contribution >= 4 is 10.0 Å². The summed E-state index contributed by atoms with van der Waals surface area (Å²) in [7, 11) is -3.78. The van der Waals surface area contributed by atoms with Gasteiger partial charge in [-0.05, 0) is 11.8 Å². The Balaban J connectivity index is 0.00000289. The van der Waals surface area contributed by atoms with E-state index in [9.17, 15) is 8.42 Å². The number of rotatable bonds is 2. The van der Waals surface area contributed by atoms with E-state index in [1.165, 1.54) is 0 Å². The van der Waals surface area contributed by atoms with Crippen LogP contribution in [0.25, 0.3) is 5.14 Å². The van der Waals surface area contributed by atoms with Crippen molar-refractivity contribution in [3.05, 3.63) is 28.9 Å². The maximum atomic E-state index is 11.4. The van der Waals surface area contributed by atoms with Gasteiger partial charge in [0.2, 0.25) is 0 Å². The van der Waals surface area contributed by atoms with Crippen LogP contribution >= 0.6 is 0 Å². The minimum absolute atomic E-state index is 0. The van der Waals surface area contributed by atoms with Gasteiger partial charge in [-0.15, -0.1) is 0 Å². The third kappa shape index (κ3) is 5.57. The van der Waals surface area contributed by atoms with Crippen molar-refractivity contribution < 1.29 is 59.8 Å². The fourth-order valence-electron chi connectivity index (χ4n) is 2.29. The summed E-state index contributed by atoms with van der Waals surface area (Å²) >= 11 is 0. The van der Waals surface area contributed by atoms with Gasteiger partial charge in [-0.1, -0.05) is 58.4 Å². The van der Waals surface area contributed by atoms with Gasteiger partial charge in [-0.3, -0.25) is 0 Å². The van der Waals surface area contributed by atoms with Gasteiger partial charge in [-0.25, -0.2) is 8.42 Å². The molecule has 1 unspecified atom stereocenters. The number of sulfonamides is 1. The zero-order chi connectivity index (χ0) is 13.5. The van der Waals surface area contributed by atoms with Crippen LogP contribution in [0, 0.1) is 10.8 Å². The Bertz CT molecular complexity index is 456. The monoisotopic (exact) mass is 295 g/mol. The molecule has 0 fully saturated rings. The average Bonchev–Trinajstić information content (AvgIpc) is 1.94. The second kappa shape index (κ2) is 6.20. The summed E-state index contributed by atoms with van der Waals surface area (Å²) in [5.74, 6) is 0. The van der Waals surface area contributed by atoms with Crippen LogP contribution in [-0.4, -0.2) is 13.7 Å². The maximum Gasteiger partial charge on any atom is 1.00 e. The van der Waals surface area contributed by atoms with Crippen LogP contribution in [0.1, 0.15) is 41.0 Å². The van der Waals surface area contributed by atoms with E-state index in [-0.39, 0.29) is 56.8 Å². The molecule has 3 nitrogen and oxygen atoms in total. The predicted molar refractivity (Wildman–Crippen MR) is 72.1 cm³/mol. The SMILES string of the molecule is CC(C)(C)CC1=CC(C)(C)C(S([NH-])(=O)=O)C=C1.[K+]. The van der Waals surface area contributed by atoms with Crippen LogP contribution in [0.2, 0.25) is 0 Å². The summed E-state index contributed by atoms with van der Waals surface area (Å²) < 4.78 is 22.8. The Morgan fingerprint density at radius 1 is 1.33 bits per heavy atom. The summed E-state index contributed by atoms with van der Waals surface area (Å²) in [6.07, 6.45) is 6.42. The predicted octanol–water partition coefficient (Wildman–Crippen LogP) is 0.700. The topological polar surface area (TPSA) is 57.9 Å². The van der Waals surface area contributed by atoms with Gasteiger partial charge in [0.25, 0.3) is 0 Å². The van der Waals surface area contributed by atoms with Crippen molar-refractivity contribution in [3.8, 4) is 0 Å². The van der Waals surface area contributed by atoms with Crippen LogP contribution < -0.4 is 51.4 Å². The van der Waals surface area contributed by atoms with Gasteiger partial charge >= 0.3 is 51.4 Å². The van der Waals surface area contributed by atoms with E-state index < -0.39 is 20.7 Å². The van der Waals surface area contributed by atoms with E-state index >= 15 is 0 Å². The molecule has 0 saturated heterocycles. The molecule has 0 aromatic rings. The summed E-state index contributed by atoms with van der Waals surface area (Å²) in [5, 5.41) is 6.48. The van der Waals surface area contributed by atoms with E-state index in [0.29, 0.717) is 0 Å². The number of nitrogens with one attached hydrogen (secondary N) is 1. The minimum Gasteiger partial charge on any atom is -0.564 e. The summed E-state index contributed by atoms with van der Waals surface area (Å²) in [6, 6.07) is 0. The third-order valence-electron chi connectivity index (χ3n) is 2.84. The molecule has 0 aromatic carbocycles. The third-order valence-corrected chi connectivity index (χ3v) is 4.28. The first-order valence-corrected chi connectivity index (χ1v) is 7.35. The first-order chi connectivity index (χ1) is 7.42. The molecule has 5 heteroatoms. The molecular weight excluding hydrogens is 273 g/mol. The zero-order valence-corrected chi connectivity index (χ0v) is 16.2. The van der Waals surface area contributed by atoms with Gasteiger partial charge in [0.1, 0.15) is 0 Å². The van der Waals surface area contributed by atoms with E-state index in [1.54, 1.807) is 6.08 Å².